The first-order valence-corrected chi connectivity index (χ1v) is 6.22. The number of hydrogen-bond acceptors (Lipinski definition) is 5. The van der Waals surface area contributed by atoms with Crippen LogP contribution >= 0.6 is 0 Å². The average molecular weight is 236 g/mol. The van der Waals surface area contributed by atoms with E-state index in [9.17, 15) is 0 Å². The van der Waals surface area contributed by atoms with Gasteiger partial charge in [-0.15, -0.1) is 0 Å². The molecule has 1 aliphatic rings. The van der Waals surface area contributed by atoms with Gasteiger partial charge in [0.15, 0.2) is 5.82 Å². The summed E-state index contributed by atoms with van der Waals surface area (Å²) in [6, 6.07) is 0.491. The minimum atomic E-state index is 0.491. The van der Waals surface area contributed by atoms with E-state index in [1.165, 1.54) is 0 Å². The first-order chi connectivity index (χ1) is 8.29. The Morgan fingerprint density at radius 1 is 1.53 bits per heavy atom. The molecule has 1 aromatic rings. The number of anilines is 1. The molecule has 0 amide bonds. The summed E-state index contributed by atoms with van der Waals surface area (Å²) in [5, 5.41) is 3.41. The van der Waals surface area contributed by atoms with Gasteiger partial charge in [0.2, 0.25) is 5.88 Å². The number of rotatable bonds is 4. The predicted octanol–water partition coefficient (Wildman–Crippen LogP) is 1.06. The van der Waals surface area contributed by atoms with Gasteiger partial charge in [-0.05, 0) is 13.3 Å². The van der Waals surface area contributed by atoms with E-state index in [1.54, 1.807) is 12.4 Å². The second kappa shape index (κ2) is 5.82. The van der Waals surface area contributed by atoms with Crippen molar-refractivity contribution in [2.24, 2.45) is 0 Å². The fourth-order valence-electron chi connectivity index (χ4n) is 1.91. The van der Waals surface area contributed by atoms with E-state index in [-0.39, 0.29) is 0 Å². The highest BCUT2D eigenvalue weighted by Gasteiger charge is 2.17. The fraction of sp³-hybridized carbons (Fsp3) is 0.667. The third-order valence-corrected chi connectivity index (χ3v) is 2.75. The first kappa shape index (κ1) is 12.1. The lowest BCUT2D eigenvalue weighted by Crippen LogP contribution is -2.49. The van der Waals surface area contributed by atoms with Crippen molar-refractivity contribution in [1.82, 2.24) is 15.3 Å². The molecule has 17 heavy (non-hydrogen) atoms. The molecule has 1 aromatic heterocycles. The van der Waals surface area contributed by atoms with Crippen molar-refractivity contribution in [3.63, 3.8) is 0 Å². The number of nitrogens with one attached hydrogen (secondary N) is 1. The number of piperazine rings is 1. The zero-order valence-corrected chi connectivity index (χ0v) is 10.5. The van der Waals surface area contributed by atoms with Crippen LogP contribution in [0.1, 0.15) is 20.3 Å². The van der Waals surface area contributed by atoms with Crippen LogP contribution in [0.5, 0.6) is 5.88 Å². The Balaban J connectivity index is 2.04. The van der Waals surface area contributed by atoms with Crippen LogP contribution in [0.3, 0.4) is 0 Å². The Labute approximate surface area is 102 Å². The summed E-state index contributed by atoms with van der Waals surface area (Å²) in [6.07, 6.45) is 4.46. The Morgan fingerprint density at radius 2 is 2.41 bits per heavy atom. The number of ether oxygens (including phenoxy) is 1. The normalized spacial score (nSPS) is 20.4. The minimum Gasteiger partial charge on any atom is -0.477 e. The van der Waals surface area contributed by atoms with E-state index in [1.807, 2.05) is 0 Å². The third kappa shape index (κ3) is 3.30. The molecule has 1 fully saturated rings. The summed E-state index contributed by atoms with van der Waals surface area (Å²) >= 11 is 0. The maximum atomic E-state index is 5.50. The smallest absolute Gasteiger partial charge is 0.234 e. The predicted molar refractivity (Wildman–Crippen MR) is 67.5 cm³/mol. The standard InChI is InChI=1S/C12H20N4O/c1-3-6-17-12-8-13-7-11(15-12)16-5-4-14-10(2)9-16/h7-8,10,14H,3-6,9H2,1-2H3/t10-/m1/s1. The topological polar surface area (TPSA) is 50.3 Å². The van der Waals surface area contributed by atoms with Crippen molar-refractivity contribution in [3.8, 4) is 5.88 Å². The number of aromatic nitrogens is 2. The van der Waals surface area contributed by atoms with Crippen molar-refractivity contribution in [1.29, 1.82) is 0 Å². The minimum absolute atomic E-state index is 0.491. The monoisotopic (exact) mass is 236 g/mol. The van der Waals surface area contributed by atoms with E-state index in [2.05, 4.69) is 34.0 Å². The highest BCUT2D eigenvalue weighted by Crippen LogP contribution is 2.15. The lowest BCUT2D eigenvalue weighted by atomic mass is 10.2. The molecule has 0 unspecified atom stereocenters. The van der Waals surface area contributed by atoms with Crippen LogP contribution in [0.4, 0.5) is 5.82 Å². The Hall–Kier alpha value is -1.36. The van der Waals surface area contributed by atoms with Crippen LogP contribution < -0.4 is 15.0 Å². The van der Waals surface area contributed by atoms with Crippen molar-refractivity contribution < 1.29 is 4.74 Å². The summed E-state index contributed by atoms with van der Waals surface area (Å²) in [6.45, 7) is 7.87. The van der Waals surface area contributed by atoms with Crippen LogP contribution in [0, 0.1) is 0 Å². The highest BCUT2D eigenvalue weighted by atomic mass is 16.5. The molecular formula is C12H20N4O. The largest absolute Gasteiger partial charge is 0.477 e. The van der Waals surface area contributed by atoms with Crippen molar-refractivity contribution in [2.75, 3.05) is 31.1 Å². The third-order valence-electron chi connectivity index (χ3n) is 2.75. The summed E-state index contributed by atoms with van der Waals surface area (Å²) in [4.78, 5) is 10.9. The van der Waals surface area contributed by atoms with E-state index in [4.69, 9.17) is 4.74 Å². The molecule has 0 saturated carbocycles. The molecule has 5 heteroatoms. The van der Waals surface area contributed by atoms with Gasteiger partial charge in [-0.25, -0.2) is 0 Å². The molecule has 1 N–H and O–H groups in total. The summed E-state index contributed by atoms with van der Waals surface area (Å²) in [7, 11) is 0. The Kier molecular flexibility index (Phi) is 4.14. The van der Waals surface area contributed by atoms with Gasteiger partial charge in [0.1, 0.15) is 0 Å². The van der Waals surface area contributed by atoms with Crippen LogP contribution in [0.15, 0.2) is 12.4 Å². The molecule has 0 aliphatic carbocycles. The van der Waals surface area contributed by atoms with Gasteiger partial charge >= 0.3 is 0 Å². The molecule has 1 aliphatic heterocycles. The lowest BCUT2D eigenvalue weighted by molar-refractivity contribution is 0.303. The van der Waals surface area contributed by atoms with Crippen LogP contribution in [-0.2, 0) is 0 Å². The van der Waals surface area contributed by atoms with Gasteiger partial charge in [-0.3, -0.25) is 4.98 Å². The molecule has 0 aromatic carbocycles. The number of nitrogens with zero attached hydrogens (tertiary/aromatic N) is 3. The average Bonchev–Trinajstić information content (AvgIpc) is 2.37. The Bertz CT molecular complexity index is 358. The van der Waals surface area contributed by atoms with E-state index in [0.717, 1.165) is 31.9 Å². The molecule has 2 heterocycles. The van der Waals surface area contributed by atoms with Crippen LogP contribution in [0.2, 0.25) is 0 Å². The van der Waals surface area contributed by atoms with E-state index in [0.29, 0.717) is 18.5 Å². The van der Waals surface area contributed by atoms with E-state index < -0.39 is 0 Å². The van der Waals surface area contributed by atoms with Gasteiger partial charge in [-0.2, -0.15) is 4.98 Å². The molecular weight excluding hydrogens is 216 g/mol. The van der Waals surface area contributed by atoms with Gasteiger partial charge in [0.05, 0.1) is 19.0 Å². The molecule has 0 spiro atoms. The Morgan fingerprint density at radius 3 is 3.18 bits per heavy atom. The summed E-state index contributed by atoms with van der Waals surface area (Å²) in [5.41, 5.74) is 0. The highest BCUT2D eigenvalue weighted by molar-refractivity contribution is 5.38. The molecule has 5 nitrogen and oxygen atoms in total. The van der Waals surface area contributed by atoms with Crippen molar-refractivity contribution in [2.45, 2.75) is 26.3 Å². The molecule has 0 radical (unpaired) electrons. The van der Waals surface area contributed by atoms with E-state index >= 15 is 0 Å². The maximum absolute atomic E-state index is 5.50. The zero-order valence-electron chi connectivity index (χ0n) is 10.5. The van der Waals surface area contributed by atoms with Crippen molar-refractivity contribution >= 4 is 5.82 Å². The van der Waals surface area contributed by atoms with Gasteiger partial charge in [0, 0.05) is 25.7 Å². The summed E-state index contributed by atoms with van der Waals surface area (Å²) in [5.74, 6) is 1.53. The van der Waals surface area contributed by atoms with Gasteiger partial charge in [0.25, 0.3) is 0 Å². The lowest BCUT2D eigenvalue weighted by Gasteiger charge is -2.32. The molecule has 1 atom stereocenters. The molecule has 0 bridgehead atoms. The first-order valence-electron chi connectivity index (χ1n) is 6.22. The van der Waals surface area contributed by atoms with Gasteiger partial charge < -0.3 is 15.0 Å². The van der Waals surface area contributed by atoms with Crippen molar-refractivity contribution in [3.05, 3.63) is 12.4 Å². The molecule has 94 valence electrons. The van der Waals surface area contributed by atoms with Crippen LogP contribution in [0.25, 0.3) is 0 Å². The molecule has 2 rings (SSSR count). The second-order valence-electron chi connectivity index (χ2n) is 4.37. The quantitative estimate of drug-likeness (QED) is 0.847. The summed E-state index contributed by atoms with van der Waals surface area (Å²) < 4.78 is 5.50. The zero-order chi connectivity index (χ0) is 12.1. The maximum Gasteiger partial charge on any atom is 0.234 e. The SMILES string of the molecule is CCCOc1cncc(N2CCN[C@H](C)C2)n1. The van der Waals surface area contributed by atoms with Crippen LogP contribution in [-0.4, -0.2) is 42.3 Å². The fourth-order valence-corrected chi connectivity index (χ4v) is 1.91. The number of hydrogen-bond donors (Lipinski definition) is 1. The second-order valence-corrected chi connectivity index (χ2v) is 4.37. The van der Waals surface area contributed by atoms with Gasteiger partial charge in [-0.1, -0.05) is 6.92 Å². The molecule has 1 saturated heterocycles.